The molecule has 0 saturated heterocycles. The Morgan fingerprint density at radius 3 is 2.09 bits per heavy atom. The summed E-state index contributed by atoms with van der Waals surface area (Å²) in [5, 5.41) is 74.5. The molecule has 0 atom stereocenters. The third kappa shape index (κ3) is 14.3. The van der Waals surface area contributed by atoms with Crippen LogP contribution < -0.4 is 11.1 Å². The quantitative estimate of drug-likeness (QED) is 0.00442. The first kappa shape index (κ1) is 52.2. The van der Waals surface area contributed by atoms with Gasteiger partial charge in [0.2, 0.25) is 11.2 Å². The number of phenols is 1. The minimum Gasteiger partial charge on any atom is -0.505 e. The van der Waals surface area contributed by atoms with Gasteiger partial charge in [-0.3, -0.25) is 18.7 Å². The van der Waals surface area contributed by atoms with Crippen LogP contribution in [-0.2, 0) is 62.1 Å². The number of nitrogens with two attached hydrogens (primary N) is 1. The zero-order valence-corrected chi connectivity index (χ0v) is 37.9. The summed E-state index contributed by atoms with van der Waals surface area (Å²) >= 11 is 8.02. The Morgan fingerprint density at radius 2 is 1.42 bits per heavy atom. The summed E-state index contributed by atoms with van der Waals surface area (Å²) in [5.41, 5.74) is 3.87. The average molecular weight is 1080 g/mol. The number of nitrogen functional groups attached to an aromatic ring is 1. The lowest BCUT2D eigenvalue weighted by Gasteiger charge is -2.14. The zero-order valence-electron chi connectivity index (χ0n) is 31.4. The molecular formula is C29H22ClN9O20S7. The molecule has 0 aliphatic rings. The first-order valence-corrected chi connectivity index (χ1v) is 23.7. The third-order valence-electron chi connectivity index (χ3n) is 7.24. The second kappa shape index (κ2) is 23.8. The van der Waals surface area contributed by atoms with Crippen LogP contribution in [0, 0.1) is 0 Å². The molecule has 0 bridgehead atoms. The molecule has 0 amide bonds. The van der Waals surface area contributed by atoms with Crippen LogP contribution in [0.3, 0.4) is 0 Å². The van der Waals surface area contributed by atoms with Gasteiger partial charge in [-0.05, 0) is 65.5 Å². The Hall–Kier alpha value is -4.81. The number of aromatic hydroxyl groups is 1. The van der Waals surface area contributed by atoms with Crippen LogP contribution in [0.15, 0.2) is 98.6 Å². The van der Waals surface area contributed by atoms with E-state index in [0.29, 0.717) is 36.1 Å². The maximum atomic E-state index is 12.7. The van der Waals surface area contributed by atoms with Crippen molar-refractivity contribution in [3.63, 3.8) is 0 Å². The smallest absolute Gasteiger partial charge is 0.330 e. The average Bonchev–Trinajstić information content (AvgIpc) is 3.25. The Bertz CT molecular complexity index is 2920. The van der Waals surface area contributed by atoms with Gasteiger partial charge in [-0.1, -0.05) is 26.9 Å². The van der Waals surface area contributed by atoms with Crippen molar-refractivity contribution in [1.82, 2.24) is 15.0 Å². The van der Waals surface area contributed by atoms with Crippen LogP contribution in [0.5, 0.6) is 5.75 Å². The molecule has 29 nitrogen and oxygen atoms in total. The largest absolute Gasteiger partial charge is 0.505 e. The van der Waals surface area contributed by atoms with Crippen molar-refractivity contribution in [2.75, 3.05) is 22.6 Å². The van der Waals surface area contributed by atoms with Gasteiger partial charge in [0.25, 0.3) is 20.2 Å². The van der Waals surface area contributed by atoms with Crippen LogP contribution in [0.2, 0.25) is 5.28 Å². The van der Waals surface area contributed by atoms with E-state index >= 15 is 0 Å². The number of phenolic OH excluding ortho intramolecular Hbond substituents is 1. The SMILES string of the molecule is Nc1c(N=Nc2ccc(SOC(=O)CSOOO)cc2S(=O)(=O)O)c(SOOO)cc2cc(S(=O)(=O)O)c(N=Nc3cc(Nc4nc(Cl)nc(SCC(=O)O)n4)ccc3SOOO)c(O)c12. The van der Waals surface area contributed by atoms with Crippen molar-refractivity contribution in [2.45, 2.75) is 29.6 Å². The van der Waals surface area contributed by atoms with Gasteiger partial charge >= 0.3 is 11.9 Å². The topological polar surface area (TPSA) is 435 Å². The molecule has 0 radical (unpaired) electrons. The highest BCUT2D eigenvalue weighted by Gasteiger charge is 2.27. The fraction of sp³-hybridized carbons (Fsp3) is 0.0690. The number of carbonyl (C=O) groups is 2. The van der Waals surface area contributed by atoms with Crippen molar-refractivity contribution >= 4 is 155 Å². The molecule has 0 unspecified atom stereocenters. The predicted molar refractivity (Wildman–Crippen MR) is 228 cm³/mol. The minimum absolute atomic E-state index is 0.0179. The van der Waals surface area contributed by atoms with E-state index < -0.39 is 87.4 Å². The highest BCUT2D eigenvalue weighted by Crippen LogP contribution is 2.50. The van der Waals surface area contributed by atoms with E-state index in [2.05, 4.69) is 68.8 Å². The Kier molecular flexibility index (Phi) is 18.8. The number of halogens is 1. The summed E-state index contributed by atoms with van der Waals surface area (Å²) < 4.78 is 88.4. The van der Waals surface area contributed by atoms with E-state index in [1.54, 1.807) is 0 Å². The molecule has 1 heterocycles. The van der Waals surface area contributed by atoms with Gasteiger partial charge in [0.15, 0.2) is 10.9 Å². The van der Waals surface area contributed by atoms with E-state index in [0.717, 1.165) is 36.0 Å². The number of rotatable bonds is 23. The number of hydrogen-bond donors (Lipinski definition) is 9. The van der Waals surface area contributed by atoms with E-state index in [4.69, 9.17) is 42.4 Å². The molecule has 0 fully saturated rings. The zero-order chi connectivity index (χ0) is 48.2. The van der Waals surface area contributed by atoms with Gasteiger partial charge < -0.3 is 25.4 Å². The molecule has 5 rings (SSSR count). The normalized spacial score (nSPS) is 12.1. The number of carboxylic acids is 1. The van der Waals surface area contributed by atoms with Crippen molar-refractivity contribution < 1.29 is 93.8 Å². The lowest BCUT2D eigenvalue weighted by molar-refractivity contribution is -0.432. The third-order valence-corrected chi connectivity index (χ3v) is 12.5. The fourth-order valence-electron chi connectivity index (χ4n) is 4.78. The van der Waals surface area contributed by atoms with Gasteiger partial charge in [-0.2, -0.15) is 31.8 Å². The number of anilines is 3. The number of nitrogens with zero attached hydrogens (tertiary/aromatic N) is 7. The summed E-state index contributed by atoms with van der Waals surface area (Å²) in [6.07, 6.45) is 0. The maximum absolute atomic E-state index is 12.7. The molecule has 0 saturated carbocycles. The lowest BCUT2D eigenvalue weighted by atomic mass is 10.1. The number of aromatic nitrogens is 3. The summed E-state index contributed by atoms with van der Waals surface area (Å²) in [5.74, 6) is -4.17. The number of fused-ring (bicyclic) bond motifs is 1. The Balaban J connectivity index is 1.60. The van der Waals surface area contributed by atoms with Gasteiger partial charge in [0.1, 0.15) is 38.3 Å². The second-order valence-electron chi connectivity index (χ2n) is 11.4. The number of aliphatic carboxylic acids is 1. The van der Waals surface area contributed by atoms with Gasteiger partial charge in [-0.15, -0.1) is 33.5 Å². The molecular weight excluding hydrogens is 1050 g/mol. The van der Waals surface area contributed by atoms with Gasteiger partial charge in [-0.25, -0.2) is 15.8 Å². The molecule has 5 aromatic rings. The maximum Gasteiger partial charge on any atom is 0.330 e. The molecule has 0 spiro atoms. The highest BCUT2D eigenvalue weighted by molar-refractivity contribution is 7.99. The van der Waals surface area contributed by atoms with E-state index in [-0.39, 0.29) is 59.9 Å². The predicted octanol–water partition coefficient (Wildman–Crippen LogP) is 7.69. The van der Waals surface area contributed by atoms with Crippen LogP contribution in [0.25, 0.3) is 10.8 Å². The van der Waals surface area contributed by atoms with Crippen molar-refractivity contribution in [3.05, 3.63) is 53.8 Å². The molecule has 4 aromatic carbocycles. The van der Waals surface area contributed by atoms with Crippen LogP contribution >= 0.6 is 71.5 Å². The van der Waals surface area contributed by atoms with Crippen LogP contribution in [0.4, 0.5) is 40.1 Å². The van der Waals surface area contributed by atoms with Crippen molar-refractivity contribution in [2.24, 2.45) is 20.5 Å². The molecule has 0 aliphatic heterocycles. The van der Waals surface area contributed by atoms with Gasteiger partial charge in [0, 0.05) is 22.6 Å². The summed E-state index contributed by atoms with van der Waals surface area (Å²) in [6, 6.07) is 8.90. The molecule has 10 N–H and O–H groups in total. The monoisotopic (exact) mass is 1070 g/mol. The summed E-state index contributed by atoms with van der Waals surface area (Å²) in [4.78, 5) is 32.5. The van der Waals surface area contributed by atoms with Crippen molar-refractivity contribution in [1.29, 1.82) is 0 Å². The number of azo groups is 2. The summed E-state index contributed by atoms with van der Waals surface area (Å²) in [6.45, 7) is 0. The first-order valence-electron chi connectivity index (χ1n) is 16.3. The highest BCUT2D eigenvalue weighted by atomic mass is 35.5. The molecule has 66 heavy (non-hydrogen) atoms. The fourth-order valence-corrected chi connectivity index (χ4v) is 8.71. The number of thioether (sulfide) groups is 1. The van der Waals surface area contributed by atoms with Crippen LogP contribution in [-0.4, -0.2) is 90.3 Å². The first-order chi connectivity index (χ1) is 31.3. The number of carboxylic acid groups (broad SMARTS) is 1. The van der Waals surface area contributed by atoms with Crippen LogP contribution in [0.1, 0.15) is 0 Å². The minimum atomic E-state index is -5.28. The van der Waals surface area contributed by atoms with E-state index in [1.807, 2.05) is 0 Å². The summed E-state index contributed by atoms with van der Waals surface area (Å²) in [7, 11) is -10.4. The Labute approximate surface area is 393 Å². The molecule has 352 valence electrons. The second-order valence-corrected chi connectivity index (χ2v) is 18.4. The molecule has 1 aromatic heterocycles. The van der Waals surface area contributed by atoms with Gasteiger partial charge in [0.05, 0.1) is 62.7 Å². The number of nitrogens with one attached hydrogen (secondary N) is 1. The van der Waals surface area contributed by atoms with E-state index in [1.165, 1.54) is 24.3 Å². The Morgan fingerprint density at radius 1 is 0.758 bits per heavy atom. The number of carbonyl (C=O) groups excluding carboxylic acids is 1. The number of benzene rings is 4. The van der Waals surface area contributed by atoms with Crippen molar-refractivity contribution in [3.8, 4) is 5.75 Å². The molecule has 0 aliphatic carbocycles. The molecule has 37 heteroatoms. The number of hydrogen-bond acceptors (Lipinski definition) is 31. The standard InChI is InChI=1S/C29H22ClN9O20S7/c30-27-33-28(35-29(34-27)60-9-20(40)41)32-12-1-4-16(63-58-55-45)15(7-12)37-39-25-19(66(50,51)52)6-11-5-17(64-59-56-46)24(23(31)22(11)26(25)43)38-36-14-3-2-13(8-18(14)65(47,48)49)62-53-21(42)10-61-57-54-44/h1-8,43-46H,9-10,31H2,(H,40,41)(H,47,48,49)(H,50,51,52)(H,32,33,34,35). The van der Waals surface area contributed by atoms with E-state index in [9.17, 15) is 40.6 Å². The lowest BCUT2D eigenvalue weighted by Crippen LogP contribution is -2.03.